The largest absolute Gasteiger partial charge is 0.369 e. The van der Waals surface area contributed by atoms with E-state index in [9.17, 15) is 4.57 Å². The quantitative estimate of drug-likeness (QED) is 0.525. The first-order chi connectivity index (χ1) is 12.5. The number of likely N-dealkylation sites (N-methyl/N-ethyl adjacent to an activating group) is 1. The van der Waals surface area contributed by atoms with Crippen molar-refractivity contribution >= 4 is 7.44 Å². The second-order valence-corrected chi connectivity index (χ2v) is 11.2. The number of allylic oxidation sites excluding steroid dienone is 5. The molecule has 3 aliphatic heterocycles. The summed E-state index contributed by atoms with van der Waals surface area (Å²) in [6.45, 7) is 13.0. The van der Waals surface area contributed by atoms with Gasteiger partial charge in [0.05, 0.1) is 0 Å². The number of hydrogen-bond donors (Lipinski definition) is 0. The number of nitrogens with zero attached hydrogens (tertiary/aromatic N) is 4. The van der Waals surface area contributed by atoms with Gasteiger partial charge in [-0.1, -0.05) is 19.1 Å². The summed E-state index contributed by atoms with van der Waals surface area (Å²) in [4.78, 5) is 4.95. The third-order valence-corrected chi connectivity index (χ3v) is 9.72. The average molecular weight is 376 g/mol. The summed E-state index contributed by atoms with van der Waals surface area (Å²) in [5.74, 6) is 0.326. The summed E-state index contributed by atoms with van der Waals surface area (Å²) < 4.78 is 17.9. The number of piperazine rings is 1. The van der Waals surface area contributed by atoms with Gasteiger partial charge in [0, 0.05) is 64.2 Å². The molecule has 0 saturated carbocycles. The first kappa shape index (κ1) is 18.5. The van der Waals surface area contributed by atoms with Crippen LogP contribution < -0.4 is 0 Å². The number of rotatable bonds is 6. The van der Waals surface area contributed by atoms with Gasteiger partial charge >= 0.3 is 0 Å². The molecule has 0 amide bonds. The molecule has 1 unspecified atom stereocenters. The molecule has 0 aromatic heterocycles. The van der Waals surface area contributed by atoms with Crippen molar-refractivity contribution in [3.63, 3.8) is 0 Å². The summed E-state index contributed by atoms with van der Waals surface area (Å²) in [7, 11) is -0.0948. The lowest BCUT2D eigenvalue weighted by Gasteiger charge is -2.36. The van der Waals surface area contributed by atoms with Gasteiger partial charge in [0.1, 0.15) is 0 Å². The summed E-state index contributed by atoms with van der Waals surface area (Å²) in [6.07, 6.45) is 8.78. The van der Waals surface area contributed by atoms with Gasteiger partial charge in [0.25, 0.3) is 0 Å². The van der Waals surface area contributed by atoms with Gasteiger partial charge in [-0.25, -0.2) is 9.34 Å². The van der Waals surface area contributed by atoms with Gasteiger partial charge < -0.3 is 9.80 Å². The highest BCUT2D eigenvalue weighted by molar-refractivity contribution is 7.59. The van der Waals surface area contributed by atoms with E-state index in [2.05, 4.69) is 58.3 Å². The van der Waals surface area contributed by atoms with Gasteiger partial charge in [-0.15, -0.1) is 0 Å². The third kappa shape index (κ3) is 3.87. The Hall–Kier alpha value is -0.870. The maximum Gasteiger partial charge on any atom is 0.217 e. The predicted molar refractivity (Wildman–Crippen MR) is 108 cm³/mol. The first-order valence-electron chi connectivity index (χ1n) is 10.1. The van der Waals surface area contributed by atoms with E-state index in [0.717, 1.165) is 64.9 Å². The Kier molecular flexibility index (Phi) is 5.17. The minimum atomic E-state index is -2.30. The molecular weight excluding hydrogens is 343 g/mol. The SMILES string of the molecule is CC1=C(N2CCN(C)CC2)C=C(C(C)CP(=O)(N2CC2)N2CC2)C=CC1. The third-order valence-electron chi connectivity index (χ3n) is 6.13. The molecule has 144 valence electrons. The maximum absolute atomic E-state index is 13.5. The molecule has 0 spiro atoms. The lowest BCUT2D eigenvalue weighted by atomic mass is 10.0. The van der Waals surface area contributed by atoms with E-state index in [4.69, 9.17) is 0 Å². The zero-order chi connectivity index (χ0) is 18.3. The minimum absolute atomic E-state index is 0.326. The summed E-state index contributed by atoms with van der Waals surface area (Å²) in [5, 5.41) is 0. The molecule has 6 heteroatoms. The molecule has 3 fully saturated rings. The van der Waals surface area contributed by atoms with Gasteiger partial charge in [-0.2, -0.15) is 0 Å². The van der Waals surface area contributed by atoms with Crippen LogP contribution in [0, 0.1) is 5.92 Å². The van der Waals surface area contributed by atoms with Crippen molar-refractivity contribution in [1.29, 1.82) is 0 Å². The Balaban J connectivity index is 1.52. The highest BCUT2D eigenvalue weighted by Crippen LogP contribution is 2.61. The van der Waals surface area contributed by atoms with Crippen LogP contribution >= 0.6 is 7.44 Å². The van der Waals surface area contributed by atoms with E-state index in [1.54, 1.807) is 0 Å². The Labute approximate surface area is 158 Å². The molecule has 1 aliphatic carbocycles. The summed E-state index contributed by atoms with van der Waals surface area (Å²) in [6, 6.07) is 0. The Morgan fingerprint density at radius 1 is 1.04 bits per heavy atom. The highest BCUT2D eigenvalue weighted by atomic mass is 31.2. The molecule has 5 nitrogen and oxygen atoms in total. The van der Waals surface area contributed by atoms with Crippen LogP contribution in [0.1, 0.15) is 20.3 Å². The zero-order valence-electron chi connectivity index (χ0n) is 16.5. The monoisotopic (exact) mass is 376 g/mol. The van der Waals surface area contributed by atoms with Crippen molar-refractivity contribution in [1.82, 2.24) is 19.1 Å². The maximum atomic E-state index is 13.5. The van der Waals surface area contributed by atoms with Crippen molar-refractivity contribution in [2.45, 2.75) is 20.3 Å². The lowest BCUT2D eigenvalue weighted by Crippen LogP contribution is -2.43. The molecule has 4 aliphatic rings. The van der Waals surface area contributed by atoms with E-state index >= 15 is 0 Å². The van der Waals surface area contributed by atoms with Crippen LogP contribution in [0.15, 0.2) is 35.1 Å². The van der Waals surface area contributed by atoms with E-state index in [1.165, 1.54) is 16.8 Å². The van der Waals surface area contributed by atoms with Crippen LogP contribution in [-0.2, 0) is 4.57 Å². The van der Waals surface area contributed by atoms with Crippen LogP contribution in [0.3, 0.4) is 0 Å². The molecule has 0 aromatic rings. The molecule has 0 radical (unpaired) electrons. The van der Waals surface area contributed by atoms with Crippen molar-refractivity contribution in [2.24, 2.45) is 5.92 Å². The van der Waals surface area contributed by atoms with E-state index < -0.39 is 7.44 Å². The molecule has 3 saturated heterocycles. The second-order valence-electron chi connectivity index (χ2n) is 8.36. The van der Waals surface area contributed by atoms with Crippen molar-refractivity contribution in [2.75, 3.05) is 65.6 Å². The van der Waals surface area contributed by atoms with Gasteiger partial charge in [0.15, 0.2) is 0 Å². The molecule has 0 bridgehead atoms. The van der Waals surface area contributed by atoms with Crippen LogP contribution in [0.2, 0.25) is 0 Å². The van der Waals surface area contributed by atoms with Gasteiger partial charge in [-0.3, -0.25) is 4.57 Å². The molecule has 0 N–H and O–H groups in total. The van der Waals surface area contributed by atoms with E-state index in [-0.39, 0.29) is 0 Å². The molecule has 4 rings (SSSR count). The van der Waals surface area contributed by atoms with Crippen molar-refractivity contribution in [3.05, 3.63) is 35.1 Å². The zero-order valence-corrected chi connectivity index (χ0v) is 17.4. The summed E-state index contributed by atoms with van der Waals surface area (Å²) >= 11 is 0. The van der Waals surface area contributed by atoms with Crippen LogP contribution in [0.4, 0.5) is 0 Å². The molecule has 3 heterocycles. The number of hydrogen-bond acceptors (Lipinski definition) is 3. The van der Waals surface area contributed by atoms with Crippen LogP contribution in [0.5, 0.6) is 0 Å². The van der Waals surface area contributed by atoms with E-state index in [0.29, 0.717) is 5.92 Å². The Morgan fingerprint density at radius 2 is 1.65 bits per heavy atom. The van der Waals surface area contributed by atoms with Crippen molar-refractivity contribution in [3.8, 4) is 0 Å². The molecule has 26 heavy (non-hydrogen) atoms. The topological polar surface area (TPSA) is 29.6 Å². The smallest absolute Gasteiger partial charge is 0.217 e. The minimum Gasteiger partial charge on any atom is -0.369 e. The fourth-order valence-corrected chi connectivity index (χ4v) is 7.28. The second kappa shape index (κ2) is 7.27. The molecule has 1 atom stereocenters. The van der Waals surface area contributed by atoms with Crippen LogP contribution in [0.25, 0.3) is 0 Å². The fourth-order valence-electron chi connectivity index (χ4n) is 4.11. The molecule has 0 aromatic carbocycles. The van der Waals surface area contributed by atoms with E-state index in [1.807, 2.05) is 0 Å². The lowest BCUT2D eigenvalue weighted by molar-refractivity contribution is 0.189. The van der Waals surface area contributed by atoms with Gasteiger partial charge in [-0.05, 0) is 43.5 Å². The Bertz CT molecular complexity index is 666. The molecular formula is C20H33N4OP. The standard InChI is InChI=1S/C20H33N4OP/c1-17-5-4-6-19(15-20(17)22-9-7-21(3)8-10-22)18(2)16-26(25,23-11-12-23)24-13-14-24/h4,6,15,18H,5,7-14,16H2,1-3H3. The predicted octanol–water partition coefficient (Wildman–Crippen LogP) is 2.85. The Morgan fingerprint density at radius 3 is 2.23 bits per heavy atom. The first-order valence-corrected chi connectivity index (χ1v) is 11.9. The summed E-state index contributed by atoms with van der Waals surface area (Å²) in [5.41, 5.74) is 4.20. The van der Waals surface area contributed by atoms with Crippen molar-refractivity contribution < 1.29 is 4.57 Å². The fraction of sp³-hybridized carbons (Fsp3) is 0.700. The highest BCUT2D eigenvalue weighted by Gasteiger charge is 2.48. The normalized spacial score (nSPS) is 26.7. The van der Waals surface area contributed by atoms with Crippen LogP contribution in [-0.4, -0.2) is 84.7 Å². The average Bonchev–Trinajstić information content (AvgIpc) is 3.50. The van der Waals surface area contributed by atoms with Gasteiger partial charge in [0.2, 0.25) is 7.44 Å².